The van der Waals surface area contributed by atoms with E-state index in [1.54, 1.807) is 0 Å². The maximum Gasteiger partial charge on any atom is 0.229 e. The standard InChI is InChI=1S/C2H6.2CH4.2CH3.Al.H/c1-2;;;;;;/h1-2H3;2*1H4;2*1H3;;. The fourth-order valence-corrected chi connectivity index (χ4v) is 0. The Kier molecular flexibility index (Phi) is 313. The Hall–Kier alpha value is 0.532. The first-order chi connectivity index (χ1) is 2.41. The maximum absolute atomic E-state index is 2.26. The fourth-order valence-electron chi connectivity index (χ4n) is 0. The molecule has 0 atom stereocenters. The largest absolute Gasteiger partial charge is 0.229 e. The summed E-state index contributed by atoms with van der Waals surface area (Å²) in [6.07, 6.45) is 0. The lowest BCUT2D eigenvalue weighted by molar-refractivity contribution is 1.50. The van der Waals surface area contributed by atoms with Crippen molar-refractivity contribution in [2.45, 2.75) is 40.3 Å². The van der Waals surface area contributed by atoms with Crippen LogP contribution in [-0.4, -0.2) is 15.2 Å². The van der Waals surface area contributed by atoms with Gasteiger partial charge in [0, 0.05) is 0 Å². The van der Waals surface area contributed by atoms with Crippen LogP contribution < -0.4 is 0 Å². The van der Waals surface area contributed by atoms with Gasteiger partial charge in [-0.1, -0.05) is 28.7 Å². The van der Waals surface area contributed by atoms with E-state index in [1.807, 2.05) is 13.8 Å². The van der Waals surface area contributed by atoms with Crippen LogP contribution in [0.2, 0.25) is 11.6 Å². The van der Waals surface area contributed by atoms with Crippen molar-refractivity contribution in [2.75, 3.05) is 0 Å². The molecule has 1 heteroatoms. The predicted octanol–water partition coefficient (Wildman–Crippen LogP) is 2.82. The highest BCUT2D eigenvalue weighted by molar-refractivity contribution is 6.31. The topological polar surface area (TPSA) is 0 Å². The monoisotopic (exact) mass is 120 g/mol. The van der Waals surface area contributed by atoms with Gasteiger partial charge in [-0.2, -0.15) is 0 Å². The van der Waals surface area contributed by atoms with Crippen LogP contribution in [0.4, 0.5) is 0 Å². The summed E-state index contributed by atoms with van der Waals surface area (Å²) in [6.45, 7) is 4.00. The van der Waals surface area contributed by atoms with Gasteiger partial charge in [0.25, 0.3) is 0 Å². The summed E-state index contributed by atoms with van der Waals surface area (Å²) < 4.78 is 0. The van der Waals surface area contributed by atoms with Gasteiger partial charge in [0.2, 0.25) is 15.2 Å². The van der Waals surface area contributed by atoms with Gasteiger partial charge in [0.15, 0.2) is 0 Å². The SMILES string of the molecule is C.C.CC.[CH3][AlH][CH3]. The van der Waals surface area contributed by atoms with Crippen molar-refractivity contribution in [1.82, 2.24) is 0 Å². The molecule has 0 aliphatic heterocycles. The molecule has 0 aromatic carbocycles. The van der Waals surface area contributed by atoms with Gasteiger partial charge < -0.3 is 0 Å². The molecule has 48 valence electrons. The highest BCUT2D eigenvalue weighted by Gasteiger charge is 1.48. The lowest BCUT2D eigenvalue weighted by Crippen LogP contribution is -1.53. The van der Waals surface area contributed by atoms with E-state index in [1.165, 1.54) is 0 Å². The molecule has 0 fully saturated rings. The molecule has 0 aliphatic carbocycles. The zero-order valence-corrected chi connectivity index (χ0v) is 6.12. The van der Waals surface area contributed by atoms with E-state index in [0.29, 0.717) is 15.2 Å². The summed E-state index contributed by atoms with van der Waals surface area (Å²) in [5, 5.41) is 0. The average molecular weight is 120 g/mol. The lowest BCUT2D eigenvalue weighted by Gasteiger charge is -1.36. The molecule has 0 N–H and O–H groups in total. The second kappa shape index (κ2) is 85.1. The molecule has 7 heavy (non-hydrogen) atoms. The summed E-state index contributed by atoms with van der Waals surface area (Å²) in [6, 6.07) is 0. The first kappa shape index (κ1) is 25.8. The molecule has 0 aromatic heterocycles. The van der Waals surface area contributed by atoms with Crippen LogP contribution in [0.5, 0.6) is 0 Å². The first-order valence-electron chi connectivity index (χ1n) is 2.41. The molecule has 0 saturated carbocycles. The summed E-state index contributed by atoms with van der Waals surface area (Å²) in [5.74, 6) is 4.53. The Bertz CT molecular complexity index is 4.14. The second-order valence-corrected chi connectivity index (χ2v) is 2.12. The van der Waals surface area contributed by atoms with Crippen LogP contribution in [0, 0.1) is 0 Å². The fraction of sp³-hybridized carbons (Fsp3) is 1.00. The summed E-state index contributed by atoms with van der Waals surface area (Å²) >= 11 is 0.417. The Morgan fingerprint density at radius 1 is 0.857 bits per heavy atom. The highest BCUT2D eigenvalue weighted by atomic mass is 27.1. The molecule has 0 rings (SSSR count). The molecule has 0 heterocycles. The average Bonchev–Trinajstić information content (AvgIpc) is 1.46. The van der Waals surface area contributed by atoms with Crippen LogP contribution >= 0.6 is 0 Å². The third-order valence-corrected chi connectivity index (χ3v) is 0. The Labute approximate surface area is 56.0 Å². The van der Waals surface area contributed by atoms with Crippen molar-refractivity contribution in [3.63, 3.8) is 0 Å². The minimum atomic E-state index is 0. The van der Waals surface area contributed by atoms with Crippen molar-refractivity contribution >= 4 is 15.2 Å². The smallest absolute Gasteiger partial charge is 0.109 e. The molecule has 0 saturated heterocycles. The van der Waals surface area contributed by atoms with E-state index in [4.69, 9.17) is 0 Å². The zero-order chi connectivity index (χ0) is 4.71. The van der Waals surface area contributed by atoms with Crippen LogP contribution in [-0.2, 0) is 0 Å². The van der Waals surface area contributed by atoms with Crippen LogP contribution in [0.25, 0.3) is 0 Å². The van der Waals surface area contributed by atoms with Gasteiger partial charge in [-0.3, -0.25) is 0 Å². The Morgan fingerprint density at radius 2 is 0.857 bits per heavy atom. The molecule has 0 nitrogen and oxygen atoms in total. The van der Waals surface area contributed by atoms with E-state index >= 15 is 0 Å². The van der Waals surface area contributed by atoms with Crippen molar-refractivity contribution in [3.05, 3.63) is 0 Å². The van der Waals surface area contributed by atoms with Gasteiger partial charge in [-0.15, -0.1) is 11.6 Å². The summed E-state index contributed by atoms with van der Waals surface area (Å²) in [4.78, 5) is 0. The first-order valence-corrected chi connectivity index (χ1v) is 5.24. The van der Waals surface area contributed by atoms with E-state index in [0.717, 1.165) is 0 Å². The van der Waals surface area contributed by atoms with E-state index in [2.05, 4.69) is 11.6 Å². The molecule has 0 aliphatic rings. The Morgan fingerprint density at radius 3 is 0.857 bits per heavy atom. The van der Waals surface area contributed by atoms with Crippen LogP contribution in [0.3, 0.4) is 0 Å². The lowest BCUT2D eigenvalue weighted by atomic mass is 11.0. The quantitative estimate of drug-likeness (QED) is 0.431. The molecular weight excluding hydrogens is 99.0 g/mol. The minimum Gasteiger partial charge on any atom is -0.109 e. The van der Waals surface area contributed by atoms with Gasteiger partial charge >= 0.3 is 0 Å². The third kappa shape index (κ3) is 473. The number of rotatable bonds is 0. The third-order valence-electron chi connectivity index (χ3n) is 0. The van der Waals surface area contributed by atoms with Crippen LogP contribution in [0.1, 0.15) is 28.7 Å². The van der Waals surface area contributed by atoms with Gasteiger partial charge in [-0.25, -0.2) is 0 Å². The molecule has 0 aromatic rings. The normalized spacial score (nSPS) is 2.86. The molecule has 0 spiro atoms. The van der Waals surface area contributed by atoms with Crippen molar-refractivity contribution in [2.24, 2.45) is 0 Å². The number of hydrogen-bond acceptors (Lipinski definition) is 0. The van der Waals surface area contributed by atoms with Crippen molar-refractivity contribution in [1.29, 1.82) is 0 Å². The van der Waals surface area contributed by atoms with Gasteiger partial charge in [0.05, 0.1) is 0 Å². The highest BCUT2D eigenvalue weighted by Crippen LogP contribution is 1.36. The predicted molar refractivity (Wildman–Crippen MR) is 43.7 cm³/mol. The molecular formula is C6H21Al. The van der Waals surface area contributed by atoms with E-state index in [9.17, 15) is 0 Å². The zero-order valence-electron chi connectivity index (χ0n) is 4.71. The van der Waals surface area contributed by atoms with Gasteiger partial charge in [0.1, 0.15) is 0 Å². The summed E-state index contributed by atoms with van der Waals surface area (Å²) in [5.41, 5.74) is 0. The van der Waals surface area contributed by atoms with Crippen molar-refractivity contribution < 1.29 is 0 Å². The minimum absolute atomic E-state index is 0. The molecule has 0 unspecified atom stereocenters. The number of hydrogen-bond donors (Lipinski definition) is 0. The second-order valence-electron chi connectivity index (χ2n) is 0.707. The van der Waals surface area contributed by atoms with Crippen molar-refractivity contribution in [3.8, 4) is 0 Å². The van der Waals surface area contributed by atoms with Gasteiger partial charge in [-0.05, 0) is 0 Å². The van der Waals surface area contributed by atoms with E-state index in [-0.39, 0.29) is 14.9 Å². The molecule has 0 bridgehead atoms. The summed E-state index contributed by atoms with van der Waals surface area (Å²) in [7, 11) is 0. The van der Waals surface area contributed by atoms with E-state index < -0.39 is 0 Å². The maximum atomic E-state index is 2.26. The van der Waals surface area contributed by atoms with Crippen LogP contribution in [0.15, 0.2) is 0 Å². The molecule has 0 amide bonds. The molecule has 0 radical (unpaired) electrons. The Balaban J connectivity index is -0.0000000105.